The van der Waals surface area contributed by atoms with Gasteiger partial charge >= 0.3 is 11.8 Å². The van der Waals surface area contributed by atoms with E-state index in [0.717, 1.165) is 25.3 Å². The summed E-state index contributed by atoms with van der Waals surface area (Å²) in [6.07, 6.45) is -0.739. The summed E-state index contributed by atoms with van der Waals surface area (Å²) < 4.78 is 7.09. The summed E-state index contributed by atoms with van der Waals surface area (Å²) in [5, 5.41) is 19.6. The Morgan fingerprint density at radius 2 is 1.85 bits per heavy atom. The molecule has 0 bridgehead atoms. The highest BCUT2D eigenvalue weighted by Gasteiger charge is 2.21. The molecule has 1 aliphatic rings. The molecular weight excluding hydrogens is 350 g/mol. The van der Waals surface area contributed by atoms with Crippen molar-refractivity contribution in [2.24, 2.45) is 5.92 Å². The minimum absolute atomic E-state index is 0.0220. The van der Waals surface area contributed by atoms with Crippen LogP contribution in [-0.4, -0.2) is 77.1 Å². The van der Waals surface area contributed by atoms with Crippen LogP contribution in [0.25, 0.3) is 0 Å². The second-order valence-corrected chi connectivity index (χ2v) is 7.35. The Hall–Kier alpha value is -1.97. The van der Waals surface area contributed by atoms with E-state index in [2.05, 4.69) is 34.5 Å². The van der Waals surface area contributed by atoms with Crippen molar-refractivity contribution in [1.29, 1.82) is 0 Å². The maximum absolute atomic E-state index is 12.2. The molecule has 1 aromatic heterocycles. The van der Waals surface area contributed by atoms with Crippen LogP contribution in [0.3, 0.4) is 0 Å². The van der Waals surface area contributed by atoms with Gasteiger partial charge in [0.15, 0.2) is 0 Å². The zero-order valence-electron chi connectivity index (χ0n) is 16.6. The van der Waals surface area contributed by atoms with Crippen molar-refractivity contribution in [3.05, 3.63) is 11.4 Å². The van der Waals surface area contributed by atoms with Crippen LogP contribution in [0.4, 0.5) is 5.69 Å². The average Bonchev–Trinajstić information content (AvgIpc) is 2.87. The van der Waals surface area contributed by atoms with Crippen molar-refractivity contribution in [1.82, 2.24) is 20.0 Å². The largest absolute Gasteiger partial charge is 0.390 e. The van der Waals surface area contributed by atoms with Crippen LogP contribution in [0.15, 0.2) is 0 Å². The van der Waals surface area contributed by atoms with Gasteiger partial charge in [-0.15, -0.1) is 0 Å². The lowest BCUT2D eigenvalue weighted by Gasteiger charge is -2.28. The maximum Gasteiger partial charge on any atom is 0.313 e. The molecule has 2 amide bonds. The number of aliphatic hydroxyl groups is 1. The van der Waals surface area contributed by atoms with Crippen molar-refractivity contribution < 1.29 is 19.4 Å². The van der Waals surface area contributed by atoms with E-state index in [1.165, 1.54) is 0 Å². The Morgan fingerprint density at radius 1 is 1.19 bits per heavy atom. The molecule has 27 heavy (non-hydrogen) atoms. The molecular formula is C18H31N5O4. The minimum Gasteiger partial charge on any atom is -0.390 e. The Morgan fingerprint density at radius 3 is 2.48 bits per heavy atom. The van der Waals surface area contributed by atoms with Crippen LogP contribution >= 0.6 is 0 Å². The van der Waals surface area contributed by atoms with E-state index >= 15 is 0 Å². The van der Waals surface area contributed by atoms with Gasteiger partial charge in [0.2, 0.25) is 0 Å². The summed E-state index contributed by atoms with van der Waals surface area (Å²) in [5.74, 6) is -1.11. The zero-order chi connectivity index (χ0) is 20.0. The van der Waals surface area contributed by atoms with Crippen molar-refractivity contribution in [3.63, 3.8) is 0 Å². The molecule has 3 N–H and O–H groups in total. The Bertz CT molecular complexity index is 652. The first-order valence-electron chi connectivity index (χ1n) is 9.39. The first-order valence-corrected chi connectivity index (χ1v) is 9.39. The van der Waals surface area contributed by atoms with E-state index < -0.39 is 17.9 Å². The van der Waals surface area contributed by atoms with E-state index in [-0.39, 0.29) is 6.54 Å². The Balaban J connectivity index is 1.83. The molecule has 9 nitrogen and oxygen atoms in total. The van der Waals surface area contributed by atoms with Gasteiger partial charge in [0.05, 0.1) is 36.4 Å². The third-order valence-electron chi connectivity index (χ3n) is 4.44. The number of carbonyl (C=O) groups excluding carboxylic acids is 2. The smallest absolute Gasteiger partial charge is 0.313 e. The van der Waals surface area contributed by atoms with Gasteiger partial charge in [-0.3, -0.25) is 19.2 Å². The second kappa shape index (κ2) is 9.82. The quantitative estimate of drug-likeness (QED) is 0.570. The number of hydrogen-bond donors (Lipinski definition) is 3. The van der Waals surface area contributed by atoms with E-state index in [4.69, 9.17) is 4.74 Å². The Kier molecular flexibility index (Phi) is 7.76. The van der Waals surface area contributed by atoms with Gasteiger partial charge in [-0.05, 0) is 19.8 Å². The second-order valence-electron chi connectivity index (χ2n) is 7.35. The molecule has 2 rings (SSSR count). The van der Waals surface area contributed by atoms with Crippen LogP contribution in [0.1, 0.15) is 25.2 Å². The highest BCUT2D eigenvalue weighted by Crippen LogP contribution is 2.20. The number of β-amino-alcohol motifs (C(OH)–C–C–N with tert-alkyl or cyclic N) is 1. The molecule has 1 saturated heterocycles. The fourth-order valence-electron chi connectivity index (χ4n) is 3.01. The molecule has 1 unspecified atom stereocenters. The number of aryl methyl sites for hydroxylation is 1. The number of nitrogens with zero attached hydrogens (tertiary/aromatic N) is 3. The lowest BCUT2D eigenvalue weighted by atomic mass is 10.2. The molecule has 1 aliphatic heterocycles. The summed E-state index contributed by atoms with van der Waals surface area (Å²) in [6.45, 7) is 11.8. The molecule has 1 fully saturated rings. The molecule has 1 aromatic rings. The number of rotatable bonds is 7. The summed E-state index contributed by atoms with van der Waals surface area (Å²) in [5.41, 5.74) is 2.04. The van der Waals surface area contributed by atoms with E-state index in [1.807, 2.05) is 11.6 Å². The monoisotopic (exact) mass is 381 g/mol. The number of aromatic nitrogens is 2. The van der Waals surface area contributed by atoms with Gasteiger partial charge < -0.3 is 20.5 Å². The van der Waals surface area contributed by atoms with Crippen molar-refractivity contribution >= 4 is 17.5 Å². The number of anilines is 1. The van der Waals surface area contributed by atoms with E-state index in [9.17, 15) is 14.7 Å². The van der Waals surface area contributed by atoms with Crippen molar-refractivity contribution in [2.45, 2.75) is 40.3 Å². The molecule has 0 aromatic carbocycles. The fraction of sp³-hybridized carbons (Fsp3) is 0.722. The molecule has 152 valence electrons. The van der Waals surface area contributed by atoms with Gasteiger partial charge in [0.25, 0.3) is 0 Å². The van der Waals surface area contributed by atoms with Crippen LogP contribution in [0, 0.1) is 19.8 Å². The predicted octanol–water partition coefficient (Wildman–Crippen LogP) is -0.0963. The summed E-state index contributed by atoms with van der Waals surface area (Å²) in [7, 11) is 0. The summed E-state index contributed by atoms with van der Waals surface area (Å²) in [6, 6.07) is 0. The lowest BCUT2D eigenvalue weighted by molar-refractivity contribution is -0.136. The number of hydrogen-bond acceptors (Lipinski definition) is 6. The third-order valence-corrected chi connectivity index (χ3v) is 4.44. The van der Waals surface area contributed by atoms with Gasteiger partial charge in [0, 0.05) is 32.7 Å². The average molecular weight is 381 g/mol. The van der Waals surface area contributed by atoms with Gasteiger partial charge in [0.1, 0.15) is 0 Å². The first-order chi connectivity index (χ1) is 12.8. The Labute approximate surface area is 160 Å². The SMILES string of the molecule is Cc1nn(CC(C)C)c(C)c1NC(=O)C(=O)NCC(O)CN1CCOCC1. The van der Waals surface area contributed by atoms with Gasteiger partial charge in [-0.25, -0.2) is 0 Å². The summed E-state index contributed by atoms with van der Waals surface area (Å²) >= 11 is 0. The zero-order valence-corrected chi connectivity index (χ0v) is 16.6. The standard InChI is InChI=1S/C18H31N5O4/c1-12(2)10-23-14(4)16(13(3)21-23)20-18(26)17(25)19-9-15(24)11-22-5-7-27-8-6-22/h12,15,24H,5-11H2,1-4H3,(H,19,25)(H,20,26). The molecule has 9 heteroatoms. The van der Waals surface area contributed by atoms with Crippen LogP contribution in [0.5, 0.6) is 0 Å². The van der Waals surface area contributed by atoms with Crippen LogP contribution < -0.4 is 10.6 Å². The summed E-state index contributed by atoms with van der Waals surface area (Å²) in [4.78, 5) is 26.3. The van der Waals surface area contributed by atoms with Crippen molar-refractivity contribution in [3.8, 4) is 0 Å². The molecule has 0 radical (unpaired) electrons. The van der Waals surface area contributed by atoms with Crippen molar-refractivity contribution in [2.75, 3.05) is 44.7 Å². The molecule has 0 spiro atoms. The molecule has 2 heterocycles. The topological polar surface area (TPSA) is 109 Å². The predicted molar refractivity (Wildman–Crippen MR) is 101 cm³/mol. The number of ether oxygens (including phenoxy) is 1. The highest BCUT2D eigenvalue weighted by molar-refractivity contribution is 6.39. The number of morpholine rings is 1. The highest BCUT2D eigenvalue weighted by atomic mass is 16.5. The lowest BCUT2D eigenvalue weighted by Crippen LogP contribution is -2.46. The number of nitrogens with one attached hydrogen (secondary N) is 2. The van der Waals surface area contributed by atoms with Crippen LogP contribution in [-0.2, 0) is 20.9 Å². The van der Waals surface area contributed by atoms with Gasteiger partial charge in [-0.2, -0.15) is 5.10 Å². The van der Waals surface area contributed by atoms with Gasteiger partial charge in [-0.1, -0.05) is 13.8 Å². The minimum atomic E-state index is -0.772. The molecule has 0 aliphatic carbocycles. The fourth-order valence-corrected chi connectivity index (χ4v) is 3.01. The normalized spacial score (nSPS) is 16.4. The van der Waals surface area contributed by atoms with E-state index in [1.54, 1.807) is 6.92 Å². The third kappa shape index (κ3) is 6.30. The molecule has 1 atom stereocenters. The maximum atomic E-state index is 12.2. The number of carbonyl (C=O) groups is 2. The first kappa shape index (κ1) is 21.3. The van der Waals surface area contributed by atoms with E-state index in [0.29, 0.717) is 37.1 Å². The van der Waals surface area contributed by atoms with Crippen LogP contribution in [0.2, 0.25) is 0 Å². The number of amides is 2. The number of aliphatic hydroxyl groups excluding tert-OH is 1. The molecule has 0 saturated carbocycles.